The number of hydrogen-bond acceptors (Lipinski definition) is 5. The first-order valence-electron chi connectivity index (χ1n) is 4.16. The summed E-state index contributed by atoms with van der Waals surface area (Å²) in [5, 5.41) is 2.98. The number of aliphatic imine (C=N–C) groups is 1. The summed E-state index contributed by atoms with van der Waals surface area (Å²) in [7, 11) is -0.939. The maximum atomic E-state index is 10.8. The average Bonchev–Trinajstić information content (AvgIpc) is 2.34. The Kier molecular flexibility index (Phi) is 3.13. The van der Waals surface area contributed by atoms with Crippen molar-refractivity contribution < 1.29 is 8.42 Å². The Morgan fingerprint density at radius 2 is 2.31 bits per heavy atom. The van der Waals surface area contributed by atoms with Gasteiger partial charge in [0.2, 0.25) is 0 Å². The Hall–Kier alpha value is -0.780. The molecular formula is C7H15N3O2S. The molecule has 0 fully saturated rings. The molecule has 13 heavy (non-hydrogen) atoms. The van der Waals surface area contributed by atoms with Crippen molar-refractivity contribution in [3.8, 4) is 0 Å². The van der Waals surface area contributed by atoms with Crippen LogP contribution in [0.5, 0.6) is 0 Å². The Morgan fingerprint density at radius 1 is 1.62 bits per heavy atom. The van der Waals surface area contributed by atoms with Crippen LogP contribution in [-0.4, -0.2) is 58.0 Å². The van der Waals surface area contributed by atoms with Gasteiger partial charge in [-0.3, -0.25) is 4.99 Å². The monoisotopic (exact) mass is 205 g/mol. The first-order valence-corrected chi connectivity index (χ1v) is 6.22. The molecule has 76 valence electrons. The van der Waals surface area contributed by atoms with Crippen molar-refractivity contribution >= 4 is 15.8 Å². The lowest BCUT2D eigenvalue weighted by Gasteiger charge is -2.14. The van der Waals surface area contributed by atoms with Crippen LogP contribution in [0.3, 0.4) is 0 Å². The van der Waals surface area contributed by atoms with Crippen LogP contribution in [0.1, 0.15) is 0 Å². The summed E-state index contributed by atoms with van der Waals surface area (Å²) in [6, 6.07) is 0. The molecule has 0 aromatic rings. The molecule has 1 N–H and O–H groups in total. The fourth-order valence-electron chi connectivity index (χ4n) is 1.07. The molecular weight excluding hydrogens is 190 g/mol. The third-order valence-corrected chi connectivity index (χ3v) is 2.76. The lowest BCUT2D eigenvalue weighted by atomic mass is 10.6. The van der Waals surface area contributed by atoms with E-state index in [0.717, 1.165) is 19.0 Å². The first kappa shape index (κ1) is 10.3. The SMILES string of the molecule is CN1CCN=C1NCCS(C)(=O)=O. The maximum absolute atomic E-state index is 10.8. The molecule has 0 unspecified atom stereocenters. The highest BCUT2D eigenvalue weighted by Gasteiger charge is 2.11. The van der Waals surface area contributed by atoms with Crippen LogP contribution in [0.25, 0.3) is 0 Å². The summed E-state index contributed by atoms with van der Waals surface area (Å²) >= 11 is 0. The second kappa shape index (κ2) is 3.95. The van der Waals surface area contributed by atoms with Gasteiger partial charge in [0.05, 0.1) is 12.3 Å². The lowest BCUT2D eigenvalue weighted by Crippen LogP contribution is -2.37. The van der Waals surface area contributed by atoms with Gasteiger partial charge in [-0.1, -0.05) is 0 Å². The zero-order valence-corrected chi connectivity index (χ0v) is 8.76. The van der Waals surface area contributed by atoms with Gasteiger partial charge in [-0.2, -0.15) is 0 Å². The predicted octanol–water partition coefficient (Wildman–Crippen LogP) is -1.08. The van der Waals surface area contributed by atoms with Crippen LogP contribution >= 0.6 is 0 Å². The molecule has 0 aromatic heterocycles. The van der Waals surface area contributed by atoms with E-state index in [1.165, 1.54) is 6.26 Å². The van der Waals surface area contributed by atoms with E-state index in [1.807, 2.05) is 11.9 Å². The van der Waals surface area contributed by atoms with Gasteiger partial charge in [0.25, 0.3) is 0 Å². The van der Waals surface area contributed by atoms with Crippen molar-refractivity contribution in [2.24, 2.45) is 4.99 Å². The highest BCUT2D eigenvalue weighted by molar-refractivity contribution is 7.90. The van der Waals surface area contributed by atoms with Crippen molar-refractivity contribution in [2.45, 2.75) is 0 Å². The number of nitrogens with one attached hydrogen (secondary N) is 1. The number of likely N-dealkylation sites (N-methyl/N-ethyl adjacent to an activating group) is 1. The zero-order valence-electron chi connectivity index (χ0n) is 7.95. The standard InChI is InChI=1S/C7H15N3O2S/c1-10-5-3-8-7(10)9-4-6-13(2,11)12/h3-6H2,1-2H3,(H,8,9). The largest absolute Gasteiger partial charge is 0.355 e. The highest BCUT2D eigenvalue weighted by atomic mass is 32.2. The molecule has 6 heteroatoms. The summed E-state index contributed by atoms with van der Waals surface area (Å²) < 4.78 is 21.6. The minimum atomic E-state index is -2.87. The molecule has 1 aliphatic rings. The molecule has 0 amide bonds. The van der Waals surface area contributed by atoms with E-state index in [1.54, 1.807) is 0 Å². The smallest absolute Gasteiger partial charge is 0.193 e. The third kappa shape index (κ3) is 3.63. The van der Waals surface area contributed by atoms with Crippen molar-refractivity contribution in [3.05, 3.63) is 0 Å². The Labute approximate surface area is 78.8 Å². The van der Waals surface area contributed by atoms with E-state index in [4.69, 9.17) is 0 Å². The number of rotatable bonds is 3. The topological polar surface area (TPSA) is 61.8 Å². The van der Waals surface area contributed by atoms with Crippen LogP contribution < -0.4 is 5.32 Å². The van der Waals surface area contributed by atoms with Gasteiger partial charge in [0, 0.05) is 26.4 Å². The average molecular weight is 205 g/mol. The number of guanidine groups is 1. The van der Waals surface area contributed by atoms with Gasteiger partial charge in [-0.15, -0.1) is 0 Å². The zero-order chi connectivity index (χ0) is 9.90. The lowest BCUT2D eigenvalue weighted by molar-refractivity contribution is 0.536. The van der Waals surface area contributed by atoms with Crippen LogP contribution in [0.15, 0.2) is 4.99 Å². The van der Waals surface area contributed by atoms with Gasteiger partial charge in [0.15, 0.2) is 5.96 Å². The molecule has 5 nitrogen and oxygen atoms in total. The van der Waals surface area contributed by atoms with E-state index in [0.29, 0.717) is 6.54 Å². The Bertz CT molecular complexity index is 297. The van der Waals surface area contributed by atoms with Crippen LogP contribution in [0.2, 0.25) is 0 Å². The summed E-state index contributed by atoms with van der Waals surface area (Å²) in [4.78, 5) is 6.15. The second-order valence-corrected chi connectivity index (χ2v) is 5.44. The summed E-state index contributed by atoms with van der Waals surface area (Å²) in [5.41, 5.74) is 0. The van der Waals surface area contributed by atoms with Gasteiger partial charge in [-0.25, -0.2) is 8.42 Å². The van der Waals surface area contributed by atoms with Crippen LogP contribution in [0, 0.1) is 0 Å². The molecule has 0 radical (unpaired) electrons. The quantitative estimate of drug-likeness (QED) is 0.637. The van der Waals surface area contributed by atoms with Crippen LogP contribution in [0.4, 0.5) is 0 Å². The Balaban J connectivity index is 2.27. The van der Waals surface area contributed by atoms with Crippen molar-refractivity contribution in [1.29, 1.82) is 0 Å². The van der Waals surface area contributed by atoms with Crippen molar-refractivity contribution in [1.82, 2.24) is 10.2 Å². The Morgan fingerprint density at radius 3 is 2.77 bits per heavy atom. The molecule has 1 heterocycles. The third-order valence-electron chi connectivity index (χ3n) is 1.81. The summed E-state index contributed by atoms with van der Waals surface area (Å²) in [6.45, 7) is 2.13. The van der Waals surface area contributed by atoms with E-state index in [-0.39, 0.29) is 5.75 Å². The van der Waals surface area contributed by atoms with Gasteiger partial charge < -0.3 is 10.2 Å². The summed E-state index contributed by atoms with van der Waals surface area (Å²) in [6.07, 6.45) is 1.23. The fraction of sp³-hybridized carbons (Fsp3) is 0.857. The van der Waals surface area contributed by atoms with E-state index in [2.05, 4.69) is 10.3 Å². The second-order valence-electron chi connectivity index (χ2n) is 3.18. The van der Waals surface area contributed by atoms with E-state index in [9.17, 15) is 8.42 Å². The van der Waals surface area contributed by atoms with Gasteiger partial charge in [-0.05, 0) is 0 Å². The normalized spacial score (nSPS) is 17.4. The molecule has 1 aliphatic heterocycles. The van der Waals surface area contributed by atoms with Crippen LogP contribution in [-0.2, 0) is 9.84 Å². The fourth-order valence-corrected chi connectivity index (χ4v) is 1.54. The number of nitrogens with zero attached hydrogens (tertiary/aromatic N) is 2. The minimum absolute atomic E-state index is 0.153. The number of sulfone groups is 1. The molecule has 0 aromatic carbocycles. The molecule has 0 bridgehead atoms. The minimum Gasteiger partial charge on any atom is -0.355 e. The molecule has 0 spiro atoms. The molecule has 1 rings (SSSR count). The van der Waals surface area contributed by atoms with Crippen molar-refractivity contribution in [3.63, 3.8) is 0 Å². The predicted molar refractivity (Wildman–Crippen MR) is 52.6 cm³/mol. The summed E-state index contributed by atoms with van der Waals surface area (Å²) in [5.74, 6) is 0.948. The maximum Gasteiger partial charge on any atom is 0.193 e. The molecule has 0 saturated carbocycles. The van der Waals surface area contributed by atoms with Gasteiger partial charge >= 0.3 is 0 Å². The van der Waals surface area contributed by atoms with Crippen molar-refractivity contribution in [2.75, 3.05) is 38.7 Å². The molecule has 0 aliphatic carbocycles. The first-order chi connectivity index (χ1) is 5.99. The highest BCUT2D eigenvalue weighted by Crippen LogP contribution is 1.94. The van der Waals surface area contributed by atoms with E-state index >= 15 is 0 Å². The van der Waals surface area contributed by atoms with E-state index < -0.39 is 9.84 Å². The number of hydrogen-bond donors (Lipinski definition) is 1. The molecule has 0 atom stereocenters. The van der Waals surface area contributed by atoms with Gasteiger partial charge in [0.1, 0.15) is 9.84 Å². The molecule has 0 saturated heterocycles.